The summed E-state index contributed by atoms with van der Waals surface area (Å²) in [6.07, 6.45) is 2.63. The third kappa shape index (κ3) is 3.85. The lowest BCUT2D eigenvalue weighted by Crippen LogP contribution is -2.04. The zero-order valence-electron chi connectivity index (χ0n) is 7.74. The third-order valence-corrected chi connectivity index (χ3v) is 1.18. The van der Waals surface area contributed by atoms with E-state index in [1.807, 2.05) is 13.8 Å². The van der Waals surface area contributed by atoms with Crippen LogP contribution in [0.3, 0.4) is 0 Å². The van der Waals surface area contributed by atoms with Gasteiger partial charge in [-0.25, -0.2) is 9.78 Å². The first-order valence-corrected chi connectivity index (χ1v) is 4.17. The van der Waals surface area contributed by atoms with E-state index < -0.39 is 5.97 Å². The minimum Gasteiger partial charge on any atom is -0.464 e. The van der Waals surface area contributed by atoms with E-state index in [1.54, 1.807) is 0 Å². The summed E-state index contributed by atoms with van der Waals surface area (Å²) in [5.74, 6) is -0.542. The van der Waals surface area contributed by atoms with E-state index >= 15 is 0 Å². The van der Waals surface area contributed by atoms with Gasteiger partial charge in [-0.1, -0.05) is 25.4 Å². The number of methoxy groups -OCH3 is 1. The maximum atomic E-state index is 10.8. The maximum absolute atomic E-state index is 10.8. The summed E-state index contributed by atoms with van der Waals surface area (Å²) in [5, 5.41) is 0.174. The average molecular weight is 203 g/mol. The normalized spacial score (nSPS) is 8.31. The maximum Gasteiger partial charge on any atom is 0.358 e. The van der Waals surface area contributed by atoms with Gasteiger partial charge in [0.25, 0.3) is 0 Å². The number of hydrogen-bond acceptors (Lipinski definition) is 4. The molecule has 0 bridgehead atoms. The number of hydrogen-bond donors (Lipinski definition) is 0. The van der Waals surface area contributed by atoms with Crippen molar-refractivity contribution in [3.63, 3.8) is 0 Å². The molecule has 0 unspecified atom stereocenters. The predicted molar refractivity (Wildman–Crippen MR) is 49.7 cm³/mol. The van der Waals surface area contributed by atoms with Crippen molar-refractivity contribution in [1.82, 2.24) is 9.97 Å². The SMILES string of the molecule is CC.COC(=O)c1cncc(Cl)n1. The minimum atomic E-state index is -0.542. The van der Waals surface area contributed by atoms with Crippen molar-refractivity contribution in [2.24, 2.45) is 0 Å². The van der Waals surface area contributed by atoms with E-state index in [-0.39, 0.29) is 10.8 Å². The zero-order valence-corrected chi connectivity index (χ0v) is 8.50. The number of rotatable bonds is 1. The first-order chi connectivity index (χ1) is 6.24. The highest BCUT2D eigenvalue weighted by Crippen LogP contribution is 2.02. The van der Waals surface area contributed by atoms with Crippen molar-refractivity contribution >= 4 is 17.6 Å². The summed E-state index contributed by atoms with van der Waals surface area (Å²) in [6, 6.07) is 0. The number of carbonyl (C=O) groups excluding carboxylic acids is 1. The molecule has 5 heteroatoms. The van der Waals surface area contributed by atoms with Crippen LogP contribution >= 0.6 is 11.6 Å². The Hall–Kier alpha value is -1.16. The van der Waals surface area contributed by atoms with Crippen LogP contribution in [-0.2, 0) is 4.74 Å². The van der Waals surface area contributed by atoms with E-state index in [0.29, 0.717) is 0 Å². The summed E-state index contributed by atoms with van der Waals surface area (Å²) in [5.41, 5.74) is 0.111. The molecular formula is C8H11ClN2O2. The Bertz CT molecular complexity index is 279. The topological polar surface area (TPSA) is 52.1 Å². The minimum absolute atomic E-state index is 0.111. The first-order valence-electron chi connectivity index (χ1n) is 3.80. The molecular weight excluding hydrogens is 192 g/mol. The highest BCUT2D eigenvalue weighted by atomic mass is 35.5. The van der Waals surface area contributed by atoms with Crippen LogP contribution in [0.25, 0.3) is 0 Å². The van der Waals surface area contributed by atoms with Gasteiger partial charge in [0.2, 0.25) is 0 Å². The number of carbonyl (C=O) groups is 1. The Balaban J connectivity index is 0.000000671. The van der Waals surface area contributed by atoms with Crippen molar-refractivity contribution in [2.75, 3.05) is 7.11 Å². The summed E-state index contributed by atoms with van der Waals surface area (Å²) in [4.78, 5) is 18.1. The smallest absolute Gasteiger partial charge is 0.358 e. The third-order valence-electron chi connectivity index (χ3n) is 1.000. The number of esters is 1. The summed E-state index contributed by atoms with van der Waals surface area (Å²) >= 11 is 5.46. The molecule has 0 amide bonds. The van der Waals surface area contributed by atoms with E-state index in [1.165, 1.54) is 19.5 Å². The Morgan fingerprint density at radius 2 is 2.08 bits per heavy atom. The van der Waals surface area contributed by atoms with Gasteiger partial charge >= 0.3 is 5.97 Å². The van der Waals surface area contributed by atoms with Crippen LogP contribution in [-0.4, -0.2) is 23.0 Å². The molecule has 0 spiro atoms. The second kappa shape index (κ2) is 6.37. The van der Waals surface area contributed by atoms with Gasteiger partial charge in [-0.2, -0.15) is 0 Å². The molecule has 0 fully saturated rings. The fourth-order valence-electron chi connectivity index (χ4n) is 0.545. The molecule has 0 aliphatic carbocycles. The first kappa shape index (κ1) is 11.8. The monoisotopic (exact) mass is 202 g/mol. The molecule has 4 nitrogen and oxygen atoms in total. The van der Waals surface area contributed by atoms with Gasteiger partial charge in [0.1, 0.15) is 5.15 Å². The van der Waals surface area contributed by atoms with Gasteiger partial charge in [0.15, 0.2) is 5.69 Å². The molecule has 0 saturated carbocycles. The van der Waals surface area contributed by atoms with Crippen LogP contribution < -0.4 is 0 Å². The van der Waals surface area contributed by atoms with Crippen LogP contribution in [0.1, 0.15) is 24.3 Å². The molecule has 0 saturated heterocycles. The molecule has 0 aliphatic heterocycles. The van der Waals surface area contributed by atoms with Gasteiger partial charge in [-0.15, -0.1) is 0 Å². The number of ether oxygens (including phenoxy) is 1. The van der Waals surface area contributed by atoms with Gasteiger partial charge in [0, 0.05) is 0 Å². The van der Waals surface area contributed by atoms with Crippen molar-refractivity contribution in [3.8, 4) is 0 Å². The number of aromatic nitrogens is 2. The Kier molecular flexibility index (Phi) is 5.80. The molecule has 1 aromatic heterocycles. The van der Waals surface area contributed by atoms with Crippen molar-refractivity contribution in [3.05, 3.63) is 23.2 Å². The number of nitrogens with zero attached hydrogens (tertiary/aromatic N) is 2. The van der Waals surface area contributed by atoms with Gasteiger partial charge in [0.05, 0.1) is 19.5 Å². The van der Waals surface area contributed by atoms with Crippen molar-refractivity contribution in [1.29, 1.82) is 0 Å². The molecule has 0 aromatic carbocycles. The van der Waals surface area contributed by atoms with E-state index in [4.69, 9.17) is 11.6 Å². The molecule has 0 radical (unpaired) electrons. The van der Waals surface area contributed by atoms with Crippen LogP contribution in [0.15, 0.2) is 12.4 Å². The molecule has 72 valence electrons. The highest BCUT2D eigenvalue weighted by Gasteiger charge is 2.06. The van der Waals surface area contributed by atoms with Gasteiger partial charge in [-0.3, -0.25) is 4.98 Å². The van der Waals surface area contributed by atoms with Crippen molar-refractivity contribution < 1.29 is 9.53 Å². The van der Waals surface area contributed by atoms with E-state index in [2.05, 4.69) is 14.7 Å². The summed E-state index contributed by atoms with van der Waals surface area (Å²) in [7, 11) is 1.27. The zero-order chi connectivity index (χ0) is 10.3. The number of halogens is 1. The summed E-state index contributed by atoms with van der Waals surface area (Å²) in [6.45, 7) is 4.00. The lowest BCUT2D eigenvalue weighted by atomic mass is 10.5. The Morgan fingerprint density at radius 1 is 1.46 bits per heavy atom. The molecule has 1 heterocycles. The second-order valence-electron chi connectivity index (χ2n) is 1.72. The molecule has 0 atom stereocenters. The molecule has 0 N–H and O–H groups in total. The van der Waals surface area contributed by atoms with E-state index in [9.17, 15) is 4.79 Å². The molecule has 1 aromatic rings. The fraction of sp³-hybridized carbons (Fsp3) is 0.375. The lowest BCUT2D eigenvalue weighted by molar-refractivity contribution is 0.0593. The predicted octanol–water partition coefficient (Wildman–Crippen LogP) is 1.94. The average Bonchev–Trinajstić information content (AvgIpc) is 2.20. The van der Waals surface area contributed by atoms with Gasteiger partial charge < -0.3 is 4.74 Å². The molecule has 0 aliphatic rings. The van der Waals surface area contributed by atoms with Crippen molar-refractivity contribution in [2.45, 2.75) is 13.8 Å². The molecule has 1 rings (SSSR count). The highest BCUT2D eigenvalue weighted by molar-refractivity contribution is 6.29. The van der Waals surface area contributed by atoms with Crippen LogP contribution in [0.2, 0.25) is 5.15 Å². The van der Waals surface area contributed by atoms with Crippen LogP contribution in [0, 0.1) is 0 Å². The van der Waals surface area contributed by atoms with Crippen LogP contribution in [0.5, 0.6) is 0 Å². The Morgan fingerprint density at radius 3 is 2.54 bits per heavy atom. The lowest BCUT2D eigenvalue weighted by Gasteiger charge is -1.95. The fourth-order valence-corrected chi connectivity index (χ4v) is 0.692. The largest absolute Gasteiger partial charge is 0.464 e. The Labute approximate surface area is 81.9 Å². The standard InChI is InChI=1S/C6H5ClN2O2.C2H6/c1-11-6(10)4-2-8-3-5(7)9-4;1-2/h2-3H,1H3;1-2H3. The molecule has 13 heavy (non-hydrogen) atoms. The van der Waals surface area contributed by atoms with Gasteiger partial charge in [-0.05, 0) is 0 Å². The van der Waals surface area contributed by atoms with E-state index in [0.717, 1.165) is 0 Å². The second-order valence-corrected chi connectivity index (χ2v) is 2.11. The van der Waals surface area contributed by atoms with Crippen LogP contribution in [0.4, 0.5) is 0 Å². The summed E-state index contributed by atoms with van der Waals surface area (Å²) < 4.78 is 4.39. The quantitative estimate of drug-likeness (QED) is 0.654.